The number of rotatable bonds is 3. The number of carbonyl (C=O) groups is 1. The number of hydrogen-bond acceptors (Lipinski definition) is 4. The minimum atomic E-state index is -0.754. The summed E-state index contributed by atoms with van der Waals surface area (Å²) in [6.45, 7) is 1.40. The summed E-state index contributed by atoms with van der Waals surface area (Å²) in [7, 11) is 0. The Morgan fingerprint density at radius 1 is 1.22 bits per heavy atom. The van der Waals surface area contributed by atoms with Gasteiger partial charge in [-0.15, -0.1) is 0 Å². The van der Waals surface area contributed by atoms with Gasteiger partial charge in [0, 0.05) is 12.1 Å². The van der Waals surface area contributed by atoms with Crippen molar-refractivity contribution in [1.29, 1.82) is 0 Å². The summed E-state index contributed by atoms with van der Waals surface area (Å²) in [6.07, 6.45) is -0.0183. The number of nitrogens with zero attached hydrogens (tertiary/aromatic N) is 1. The van der Waals surface area contributed by atoms with Gasteiger partial charge >= 0.3 is 0 Å². The van der Waals surface area contributed by atoms with Gasteiger partial charge in [-0.2, -0.15) is 0 Å². The third-order valence-corrected chi connectivity index (χ3v) is 3.33. The van der Waals surface area contributed by atoms with Crippen molar-refractivity contribution in [2.24, 2.45) is 0 Å². The van der Waals surface area contributed by atoms with Crippen molar-refractivity contribution in [2.45, 2.75) is 25.0 Å². The Bertz CT molecular complexity index is 393. The van der Waals surface area contributed by atoms with Crippen LogP contribution >= 0.6 is 0 Å². The summed E-state index contributed by atoms with van der Waals surface area (Å²) in [5.41, 5.74) is 0.691. The second-order valence-corrected chi connectivity index (χ2v) is 4.80. The zero-order valence-corrected chi connectivity index (χ0v) is 10.3. The lowest BCUT2D eigenvalue weighted by atomic mass is 10.1. The molecule has 0 aliphatic carbocycles. The summed E-state index contributed by atoms with van der Waals surface area (Å²) in [5, 5.41) is 19.3. The number of Topliss-reactive ketones (excluding diaryl/α,β-unsaturated/α-hetero) is 1. The van der Waals surface area contributed by atoms with Gasteiger partial charge in [0.25, 0.3) is 0 Å². The molecule has 1 aliphatic rings. The molecule has 0 amide bonds. The molecule has 1 aromatic rings. The molecular weight excluding hydrogens is 230 g/mol. The molecule has 1 saturated heterocycles. The van der Waals surface area contributed by atoms with Crippen LogP contribution in [0.4, 0.5) is 0 Å². The van der Waals surface area contributed by atoms with E-state index in [0.717, 1.165) is 13.0 Å². The third-order valence-electron chi connectivity index (χ3n) is 3.33. The molecule has 2 atom stereocenters. The Balaban J connectivity index is 1.95. The molecule has 0 aromatic heterocycles. The van der Waals surface area contributed by atoms with E-state index in [0.29, 0.717) is 25.1 Å². The normalized spacial score (nSPS) is 25.7. The summed E-state index contributed by atoms with van der Waals surface area (Å²) < 4.78 is 0. The quantitative estimate of drug-likeness (QED) is 0.774. The van der Waals surface area contributed by atoms with Crippen LogP contribution in [0.15, 0.2) is 30.3 Å². The molecule has 4 heteroatoms. The molecule has 18 heavy (non-hydrogen) atoms. The van der Waals surface area contributed by atoms with E-state index in [-0.39, 0.29) is 5.78 Å². The molecule has 0 bridgehead atoms. The van der Waals surface area contributed by atoms with Gasteiger partial charge in [-0.05, 0) is 19.4 Å². The van der Waals surface area contributed by atoms with Gasteiger partial charge in [0.05, 0.1) is 18.8 Å². The highest BCUT2D eigenvalue weighted by Gasteiger charge is 2.24. The smallest absolute Gasteiger partial charge is 0.176 e. The van der Waals surface area contributed by atoms with Crippen LogP contribution in [0.2, 0.25) is 0 Å². The molecule has 2 unspecified atom stereocenters. The highest BCUT2D eigenvalue weighted by molar-refractivity contribution is 5.97. The molecule has 1 fully saturated rings. The molecule has 2 N–H and O–H groups in total. The number of likely N-dealkylation sites (tertiary alicyclic amines) is 1. The van der Waals surface area contributed by atoms with E-state index in [4.69, 9.17) is 0 Å². The van der Waals surface area contributed by atoms with E-state index in [1.807, 2.05) is 23.1 Å². The van der Waals surface area contributed by atoms with E-state index in [1.54, 1.807) is 12.1 Å². The molecule has 1 aliphatic heterocycles. The molecule has 4 nitrogen and oxygen atoms in total. The molecule has 0 radical (unpaired) electrons. The Hall–Kier alpha value is -1.23. The van der Waals surface area contributed by atoms with Crippen LogP contribution in [0.3, 0.4) is 0 Å². The average molecular weight is 249 g/mol. The van der Waals surface area contributed by atoms with Gasteiger partial charge in [-0.25, -0.2) is 0 Å². The summed E-state index contributed by atoms with van der Waals surface area (Å²) in [6, 6.07) is 9.15. The zero-order chi connectivity index (χ0) is 13.0. The van der Waals surface area contributed by atoms with Crippen LogP contribution in [0.1, 0.15) is 23.2 Å². The van der Waals surface area contributed by atoms with Crippen molar-refractivity contribution in [3.8, 4) is 0 Å². The van der Waals surface area contributed by atoms with Gasteiger partial charge in [0.1, 0.15) is 0 Å². The van der Waals surface area contributed by atoms with Crippen LogP contribution < -0.4 is 0 Å². The van der Waals surface area contributed by atoms with Gasteiger partial charge in [-0.3, -0.25) is 9.69 Å². The Morgan fingerprint density at radius 2 is 1.94 bits per heavy atom. The topological polar surface area (TPSA) is 60.8 Å². The molecule has 98 valence electrons. The number of aliphatic hydroxyl groups excluding tert-OH is 2. The summed E-state index contributed by atoms with van der Waals surface area (Å²) >= 11 is 0. The molecule has 2 rings (SSSR count). The second-order valence-electron chi connectivity index (χ2n) is 4.80. The van der Waals surface area contributed by atoms with Crippen LogP contribution in [0.25, 0.3) is 0 Å². The Kier molecular flexibility index (Phi) is 4.47. The number of hydrogen-bond donors (Lipinski definition) is 2. The summed E-state index contributed by atoms with van der Waals surface area (Å²) in [5.74, 6) is 0.0548. The second kappa shape index (κ2) is 6.09. The van der Waals surface area contributed by atoms with Crippen molar-refractivity contribution < 1.29 is 15.0 Å². The fourth-order valence-electron chi connectivity index (χ4n) is 2.26. The van der Waals surface area contributed by atoms with Crippen molar-refractivity contribution in [3.05, 3.63) is 35.9 Å². The fraction of sp³-hybridized carbons (Fsp3) is 0.500. The molecule has 1 heterocycles. The number of aliphatic hydroxyl groups is 2. The van der Waals surface area contributed by atoms with Gasteiger partial charge in [0.15, 0.2) is 5.78 Å². The lowest BCUT2D eigenvalue weighted by Gasteiger charge is -2.21. The first-order chi connectivity index (χ1) is 8.66. The highest BCUT2D eigenvalue weighted by atomic mass is 16.3. The van der Waals surface area contributed by atoms with Crippen LogP contribution in [0.5, 0.6) is 0 Å². The van der Waals surface area contributed by atoms with E-state index in [2.05, 4.69) is 0 Å². The first-order valence-corrected chi connectivity index (χ1v) is 6.33. The maximum absolute atomic E-state index is 12.0. The zero-order valence-electron chi connectivity index (χ0n) is 10.3. The first-order valence-electron chi connectivity index (χ1n) is 6.33. The average Bonchev–Trinajstić information content (AvgIpc) is 2.53. The number of carbonyl (C=O) groups excluding carboxylic acids is 1. The summed E-state index contributed by atoms with van der Waals surface area (Å²) in [4.78, 5) is 13.9. The lowest BCUT2D eigenvalue weighted by molar-refractivity contribution is 0.00917. The predicted molar refractivity (Wildman–Crippen MR) is 68.5 cm³/mol. The minimum Gasteiger partial charge on any atom is -0.390 e. The maximum atomic E-state index is 12.0. The maximum Gasteiger partial charge on any atom is 0.176 e. The van der Waals surface area contributed by atoms with Crippen LogP contribution in [-0.2, 0) is 0 Å². The van der Waals surface area contributed by atoms with E-state index in [1.165, 1.54) is 0 Å². The standard InChI is InChI=1S/C14H19NO3/c16-12-7-4-8-15(10-14(12)18)9-13(17)11-5-2-1-3-6-11/h1-3,5-6,12,14,16,18H,4,7-10H2. The van der Waals surface area contributed by atoms with Gasteiger partial charge in [0.2, 0.25) is 0 Å². The highest BCUT2D eigenvalue weighted by Crippen LogP contribution is 2.12. The molecular formula is C14H19NO3. The van der Waals surface area contributed by atoms with Crippen LogP contribution in [0, 0.1) is 0 Å². The predicted octanol–water partition coefficient (Wildman–Crippen LogP) is 0.687. The SMILES string of the molecule is O=C(CN1CCCC(O)C(O)C1)c1ccccc1. The van der Waals surface area contributed by atoms with Gasteiger partial charge in [-0.1, -0.05) is 30.3 Å². The largest absolute Gasteiger partial charge is 0.390 e. The van der Waals surface area contributed by atoms with E-state index < -0.39 is 12.2 Å². The van der Waals surface area contributed by atoms with Crippen molar-refractivity contribution in [1.82, 2.24) is 4.90 Å². The number of benzene rings is 1. The third kappa shape index (κ3) is 3.38. The monoisotopic (exact) mass is 249 g/mol. The van der Waals surface area contributed by atoms with Crippen molar-refractivity contribution in [3.63, 3.8) is 0 Å². The molecule has 0 spiro atoms. The minimum absolute atomic E-state index is 0.0548. The first kappa shape index (κ1) is 13.2. The molecule has 1 aromatic carbocycles. The van der Waals surface area contributed by atoms with Crippen molar-refractivity contribution in [2.75, 3.05) is 19.6 Å². The Morgan fingerprint density at radius 3 is 2.67 bits per heavy atom. The Labute approximate surface area is 107 Å². The lowest BCUT2D eigenvalue weighted by Crippen LogP contribution is -2.38. The van der Waals surface area contributed by atoms with Crippen molar-refractivity contribution >= 4 is 5.78 Å². The number of β-amino-alcohol motifs (C(OH)–C–C–N with tert-alkyl or cyclic N) is 1. The van der Waals surface area contributed by atoms with E-state index in [9.17, 15) is 15.0 Å². The van der Waals surface area contributed by atoms with E-state index >= 15 is 0 Å². The number of ketones is 1. The van der Waals surface area contributed by atoms with Crippen LogP contribution in [-0.4, -0.2) is 52.7 Å². The van der Waals surface area contributed by atoms with Gasteiger partial charge < -0.3 is 10.2 Å². The fourth-order valence-corrected chi connectivity index (χ4v) is 2.26. The molecule has 0 saturated carbocycles.